The Morgan fingerprint density at radius 3 is 2.65 bits per heavy atom. The van der Waals surface area contributed by atoms with Gasteiger partial charge in [0.05, 0.1) is 0 Å². The van der Waals surface area contributed by atoms with Crippen LogP contribution in [-0.2, 0) is 11.2 Å². The van der Waals surface area contributed by atoms with Gasteiger partial charge in [0.25, 0.3) is 0 Å². The fraction of sp³-hybridized carbons (Fsp3) is 0.353. The predicted molar refractivity (Wildman–Crippen MR) is 80.4 cm³/mol. The Hall–Kier alpha value is -2.03. The lowest BCUT2D eigenvalue weighted by Crippen LogP contribution is -2.37. The molecule has 0 amide bonds. The van der Waals surface area contributed by atoms with Gasteiger partial charge in [0.1, 0.15) is 6.04 Å². The molecule has 1 unspecified atom stereocenters. The highest BCUT2D eigenvalue weighted by Gasteiger charge is 2.20. The number of aryl methyl sites for hydroxylation is 1. The number of carbonyl (C=O) groups is 1. The number of hydrogen-bond acceptors (Lipinski definition) is 2. The minimum atomic E-state index is -0.783. The number of carboxylic acid groups (broad SMARTS) is 1. The molecule has 2 rings (SSSR count). The van der Waals surface area contributed by atoms with E-state index in [2.05, 4.69) is 24.3 Å². The van der Waals surface area contributed by atoms with E-state index >= 15 is 0 Å². The second-order valence-corrected chi connectivity index (χ2v) is 5.04. The van der Waals surface area contributed by atoms with E-state index in [0.717, 1.165) is 32.2 Å². The summed E-state index contributed by atoms with van der Waals surface area (Å²) in [5, 5.41) is 9.13. The third-order valence-corrected chi connectivity index (χ3v) is 3.52. The number of allylic oxidation sites excluding steroid dienone is 2. The molecule has 3 nitrogen and oxygen atoms in total. The van der Waals surface area contributed by atoms with Crippen LogP contribution in [0.5, 0.6) is 0 Å². The highest BCUT2D eigenvalue weighted by molar-refractivity contribution is 5.76. The van der Waals surface area contributed by atoms with Crippen molar-refractivity contribution in [1.29, 1.82) is 0 Å². The molecular weight excluding hydrogens is 250 g/mol. The fourth-order valence-corrected chi connectivity index (χ4v) is 2.42. The molecule has 0 saturated heterocycles. The van der Waals surface area contributed by atoms with Crippen LogP contribution in [-0.4, -0.2) is 28.6 Å². The maximum atomic E-state index is 11.1. The summed E-state index contributed by atoms with van der Waals surface area (Å²) >= 11 is 0. The molecule has 106 valence electrons. The maximum absolute atomic E-state index is 11.1. The van der Waals surface area contributed by atoms with Crippen molar-refractivity contribution in [3.63, 3.8) is 0 Å². The molecule has 0 aromatic heterocycles. The van der Waals surface area contributed by atoms with Crippen LogP contribution < -0.4 is 0 Å². The van der Waals surface area contributed by atoms with E-state index in [-0.39, 0.29) is 0 Å². The fourth-order valence-electron chi connectivity index (χ4n) is 2.42. The first-order valence-electron chi connectivity index (χ1n) is 7.15. The lowest BCUT2D eigenvalue weighted by molar-refractivity contribution is -0.140. The number of benzene rings is 1. The molecule has 0 saturated carbocycles. The van der Waals surface area contributed by atoms with Gasteiger partial charge >= 0.3 is 5.97 Å². The number of rotatable bonds is 7. The van der Waals surface area contributed by atoms with Crippen molar-refractivity contribution in [2.24, 2.45) is 0 Å². The first-order chi connectivity index (χ1) is 9.77. The SMILES string of the molecule is O=C(O)C1C=CC=CN1CCCCCc1ccccc1. The molecular formula is C17H21NO2. The van der Waals surface area contributed by atoms with Crippen LogP contribution in [0.15, 0.2) is 54.8 Å². The Kier molecular flexibility index (Phi) is 5.42. The van der Waals surface area contributed by atoms with Crippen LogP contribution in [0, 0.1) is 0 Å². The van der Waals surface area contributed by atoms with Gasteiger partial charge in [-0.25, -0.2) is 4.79 Å². The second-order valence-electron chi connectivity index (χ2n) is 5.04. The summed E-state index contributed by atoms with van der Waals surface area (Å²) in [6.45, 7) is 0.798. The van der Waals surface area contributed by atoms with Crippen molar-refractivity contribution < 1.29 is 9.90 Å². The number of nitrogens with zero attached hydrogens (tertiary/aromatic N) is 1. The minimum Gasteiger partial charge on any atom is -0.479 e. The third-order valence-electron chi connectivity index (χ3n) is 3.52. The van der Waals surface area contributed by atoms with Gasteiger partial charge in [-0.1, -0.05) is 48.9 Å². The van der Waals surface area contributed by atoms with E-state index in [1.807, 2.05) is 23.2 Å². The van der Waals surface area contributed by atoms with Gasteiger partial charge in [0.15, 0.2) is 0 Å². The number of aliphatic carboxylic acids is 1. The van der Waals surface area contributed by atoms with Gasteiger partial charge in [-0.05, 0) is 30.9 Å². The third kappa shape index (κ3) is 4.26. The van der Waals surface area contributed by atoms with Crippen LogP contribution in [0.1, 0.15) is 24.8 Å². The Labute approximate surface area is 120 Å². The van der Waals surface area contributed by atoms with E-state index in [4.69, 9.17) is 5.11 Å². The summed E-state index contributed by atoms with van der Waals surface area (Å²) < 4.78 is 0. The summed E-state index contributed by atoms with van der Waals surface area (Å²) in [6, 6.07) is 9.97. The van der Waals surface area contributed by atoms with Crippen LogP contribution in [0.3, 0.4) is 0 Å². The van der Waals surface area contributed by atoms with Gasteiger partial charge in [0, 0.05) is 12.7 Å². The van der Waals surface area contributed by atoms with Crippen LogP contribution in [0.2, 0.25) is 0 Å². The molecule has 0 radical (unpaired) electrons. The zero-order valence-corrected chi connectivity index (χ0v) is 11.6. The minimum absolute atomic E-state index is 0.505. The van der Waals surface area contributed by atoms with Gasteiger partial charge in [-0.15, -0.1) is 0 Å². The van der Waals surface area contributed by atoms with Crippen LogP contribution in [0.25, 0.3) is 0 Å². The van der Waals surface area contributed by atoms with E-state index in [1.54, 1.807) is 12.2 Å². The van der Waals surface area contributed by atoms with Crippen molar-refractivity contribution in [3.05, 3.63) is 60.3 Å². The Bertz CT molecular complexity index is 479. The van der Waals surface area contributed by atoms with Gasteiger partial charge in [-0.2, -0.15) is 0 Å². The van der Waals surface area contributed by atoms with Gasteiger partial charge in [0.2, 0.25) is 0 Å². The summed E-state index contributed by atoms with van der Waals surface area (Å²) in [6.07, 6.45) is 11.7. The number of carboxylic acids is 1. The standard InChI is InChI=1S/C17H21NO2/c19-17(20)16-12-6-8-14-18(16)13-7-2-5-11-15-9-3-1-4-10-15/h1,3-4,6,8-10,12,14,16H,2,5,7,11,13H2,(H,19,20). The molecule has 3 heteroatoms. The average Bonchev–Trinajstić information content (AvgIpc) is 2.48. The highest BCUT2D eigenvalue weighted by Crippen LogP contribution is 2.12. The Morgan fingerprint density at radius 2 is 1.90 bits per heavy atom. The molecule has 1 aromatic rings. The summed E-state index contributed by atoms with van der Waals surface area (Å²) in [7, 11) is 0. The normalized spacial score (nSPS) is 17.4. The van der Waals surface area contributed by atoms with E-state index in [1.165, 1.54) is 5.56 Å². The van der Waals surface area contributed by atoms with Crippen LogP contribution in [0.4, 0.5) is 0 Å². The quantitative estimate of drug-likeness (QED) is 0.774. The topological polar surface area (TPSA) is 40.5 Å². The molecule has 1 aliphatic rings. The van der Waals surface area contributed by atoms with E-state index in [0.29, 0.717) is 0 Å². The van der Waals surface area contributed by atoms with Crippen molar-refractivity contribution in [2.45, 2.75) is 31.7 Å². The van der Waals surface area contributed by atoms with Crippen molar-refractivity contribution in [1.82, 2.24) is 4.90 Å². The summed E-state index contributed by atoms with van der Waals surface area (Å²) in [5.74, 6) is -0.783. The van der Waals surface area contributed by atoms with E-state index < -0.39 is 12.0 Å². The lowest BCUT2D eigenvalue weighted by atomic mass is 10.1. The zero-order valence-electron chi connectivity index (χ0n) is 11.6. The largest absolute Gasteiger partial charge is 0.479 e. The molecule has 0 spiro atoms. The molecule has 1 aliphatic heterocycles. The lowest BCUT2D eigenvalue weighted by Gasteiger charge is -2.27. The Balaban J connectivity index is 1.67. The zero-order chi connectivity index (χ0) is 14.2. The average molecular weight is 271 g/mol. The highest BCUT2D eigenvalue weighted by atomic mass is 16.4. The second kappa shape index (κ2) is 7.53. The van der Waals surface area contributed by atoms with Gasteiger partial charge < -0.3 is 10.0 Å². The summed E-state index contributed by atoms with van der Waals surface area (Å²) in [5.41, 5.74) is 1.37. The molecule has 20 heavy (non-hydrogen) atoms. The van der Waals surface area contributed by atoms with Crippen LogP contribution >= 0.6 is 0 Å². The number of unbranched alkanes of at least 4 members (excludes halogenated alkanes) is 2. The predicted octanol–water partition coefficient (Wildman–Crippen LogP) is 3.24. The monoisotopic (exact) mass is 271 g/mol. The van der Waals surface area contributed by atoms with Crippen molar-refractivity contribution in [3.8, 4) is 0 Å². The van der Waals surface area contributed by atoms with E-state index in [9.17, 15) is 4.79 Å². The molecule has 1 N–H and O–H groups in total. The molecule has 0 aliphatic carbocycles. The molecule has 1 aromatic carbocycles. The number of hydrogen-bond donors (Lipinski definition) is 1. The first-order valence-corrected chi connectivity index (χ1v) is 7.15. The molecule has 1 atom stereocenters. The maximum Gasteiger partial charge on any atom is 0.330 e. The summed E-state index contributed by atoms with van der Waals surface area (Å²) in [4.78, 5) is 13.0. The van der Waals surface area contributed by atoms with Gasteiger partial charge in [-0.3, -0.25) is 0 Å². The van der Waals surface area contributed by atoms with Crippen molar-refractivity contribution >= 4 is 5.97 Å². The first kappa shape index (κ1) is 14.4. The van der Waals surface area contributed by atoms with Crippen molar-refractivity contribution in [2.75, 3.05) is 6.54 Å². The molecule has 0 bridgehead atoms. The smallest absolute Gasteiger partial charge is 0.330 e. The molecule has 1 heterocycles. The Morgan fingerprint density at radius 1 is 1.10 bits per heavy atom. The molecule has 0 fully saturated rings.